The van der Waals surface area contributed by atoms with Crippen molar-refractivity contribution < 1.29 is 9.32 Å². The Hall–Kier alpha value is -1.88. The minimum absolute atomic E-state index is 0.210. The molecule has 0 bridgehead atoms. The minimum Gasteiger partial charge on any atom is -0.345 e. The molecule has 1 N–H and O–H groups in total. The molecule has 0 aliphatic heterocycles. The number of aromatic nitrogens is 2. The number of carbonyl (C=O) groups excluding carboxylic acids is 1. The van der Waals surface area contributed by atoms with E-state index in [0.29, 0.717) is 22.3 Å². The molecule has 1 aromatic heterocycles. The summed E-state index contributed by atoms with van der Waals surface area (Å²) in [7, 11) is 0. The number of carbonyl (C=O) groups is 1. The third-order valence-corrected chi connectivity index (χ3v) is 2.42. The fourth-order valence-corrected chi connectivity index (χ4v) is 1.53. The Kier molecular flexibility index (Phi) is 3.39. The lowest BCUT2D eigenvalue weighted by Crippen LogP contribution is -2.23. The molecule has 1 aromatic carbocycles. The van der Waals surface area contributed by atoms with Crippen LogP contribution >= 0.6 is 11.6 Å². The van der Waals surface area contributed by atoms with Crippen LogP contribution in [0.5, 0.6) is 0 Å². The number of aryl methyl sites for hydroxylation is 1. The number of rotatable bonds is 3. The molecular formula is C11H10ClN3O2. The van der Waals surface area contributed by atoms with E-state index < -0.39 is 0 Å². The van der Waals surface area contributed by atoms with Gasteiger partial charge in [-0.25, -0.2) is 0 Å². The van der Waals surface area contributed by atoms with Crippen molar-refractivity contribution in [2.75, 3.05) is 0 Å². The zero-order chi connectivity index (χ0) is 12.3. The van der Waals surface area contributed by atoms with E-state index in [2.05, 4.69) is 15.5 Å². The second-order valence-electron chi connectivity index (χ2n) is 3.39. The molecule has 0 saturated heterocycles. The maximum Gasteiger partial charge on any atom is 0.253 e. The van der Waals surface area contributed by atoms with Crippen LogP contribution in [-0.4, -0.2) is 16.0 Å². The van der Waals surface area contributed by atoms with Gasteiger partial charge in [-0.2, -0.15) is 4.98 Å². The average Bonchev–Trinajstić information content (AvgIpc) is 2.73. The zero-order valence-electron chi connectivity index (χ0n) is 9.11. The van der Waals surface area contributed by atoms with Crippen LogP contribution in [0.15, 0.2) is 28.8 Å². The van der Waals surface area contributed by atoms with Crippen LogP contribution in [0, 0.1) is 6.92 Å². The molecule has 0 fully saturated rings. The summed E-state index contributed by atoms with van der Waals surface area (Å²) in [5, 5.41) is 6.74. The highest BCUT2D eigenvalue weighted by molar-refractivity contribution is 6.33. The smallest absolute Gasteiger partial charge is 0.253 e. The number of nitrogens with one attached hydrogen (secondary N) is 1. The van der Waals surface area contributed by atoms with Crippen molar-refractivity contribution in [3.05, 3.63) is 46.6 Å². The highest BCUT2D eigenvalue weighted by Crippen LogP contribution is 2.14. The summed E-state index contributed by atoms with van der Waals surface area (Å²) in [4.78, 5) is 15.7. The molecule has 17 heavy (non-hydrogen) atoms. The highest BCUT2D eigenvalue weighted by atomic mass is 35.5. The Morgan fingerprint density at radius 2 is 2.24 bits per heavy atom. The van der Waals surface area contributed by atoms with Gasteiger partial charge in [0, 0.05) is 6.92 Å². The van der Waals surface area contributed by atoms with Crippen molar-refractivity contribution in [3.8, 4) is 0 Å². The van der Waals surface area contributed by atoms with Crippen LogP contribution in [0.4, 0.5) is 0 Å². The highest BCUT2D eigenvalue weighted by Gasteiger charge is 2.10. The largest absolute Gasteiger partial charge is 0.345 e. The topological polar surface area (TPSA) is 68.0 Å². The van der Waals surface area contributed by atoms with Crippen molar-refractivity contribution >= 4 is 17.5 Å². The van der Waals surface area contributed by atoms with Crippen LogP contribution in [0.3, 0.4) is 0 Å². The van der Waals surface area contributed by atoms with Crippen molar-refractivity contribution in [1.82, 2.24) is 15.5 Å². The summed E-state index contributed by atoms with van der Waals surface area (Å²) in [6.45, 7) is 1.90. The van der Waals surface area contributed by atoms with E-state index >= 15 is 0 Å². The summed E-state index contributed by atoms with van der Waals surface area (Å²) >= 11 is 5.89. The maximum absolute atomic E-state index is 11.8. The predicted octanol–water partition coefficient (Wildman–Crippen LogP) is 1.96. The van der Waals surface area contributed by atoms with Crippen LogP contribution < -0.4 is 5.32 Å². The molecule has 1 amide bonds. The van der Waals surface area contributed by atoms with Crippen LogP contribution in [-0.2, 0) is 6.54 Å². The molecule has 0 spiro atoms. The molecule has 88 valence electrons. The Balaban J connectivity index is 2.01. The predicted molar refractivity (Wildman–Crippen MR) is 61.7 cm³/mol. The van der Waals surface area contributed by atoms with E-state index in [4.69, 9.17) is 16.1 Å². The summed E-state index contributed by atoms with van der Waals surface area (Å²) in [6, 6.07) is 6.83. The van der Waals surface area contributed by atoms with Gasteiger partial charge in [0.1, 0.15) is 0 Å². The molecule has 2 aromatic rings. The first-order valence-electron chi connectivity index (χ1n) is 4.99. The fourth-order valence-electron chi connectivity index (χ4n) is 1.31. The quantitative estimate of drug-likeness (QED) is 0.906. The second-order valence-corrected chi connectivity index (χ2v) is 3.80. The van der Waals surface area contributed by atoms with E-state index in [1.165, 1.54) is 0 Å². The number of hydrogen-bond donors (Lipinski definition) is 1. The third-order valence-electron chi connectivity index (χ3n) is 2.10. The van der Waals surface area contributed by atoms with Gasteiger partial charge in [-0.15, -0.1) is 0 Å². The first-order chi connectivity index (χ1) is 8.16. The van der Waals surface area contributed by atoms with E-state index in [1.54, 1.807) is 31.2 Å². The SMILES string of the molecule is Cc1nc(CNC(=O)c2ccccc2Cl)no1. The van der Waals surface area contributed by atoms with Crippen molar-refractivity contribution in [2.24, 2.45) is 0 Å². The van der Waals surface area contributed by atoms with Gasteiger partial charge in [-0.3, -0.25) is 4.79 Å². The lowest BCUT2D eigenvalue weighted by atomic mass is 10.2. The summed E-state index contributed by atoms with van der Waals surface area (Å²) in [5.74, 6) is 0.632. The van der Waals surface area contributed by atoms with E-state index in [9.17, 15) is 4.79 Å². The van der Waals surface area contributed by atoms with Gasteiger partial charge in [0.2, 0.25) is 5.89 Å². The number of halogens is 1. The van der Waals surface area contributed by atoms with Gasteiger partial charge < -0.3 is 9.84 Å². The van der Waals surface area contributed by atoms with Crippen LogP contribution in [0.25, 0.3) is 0 Å². The van der Waals surface area contributed by atoms with Gasteiger partial charge in [-0.05, 0) is 12.1 Å². The van der Waals surface area contributed by atoms with Gasteiger partial charge >= 0.3 is 0 Å². The molecule has 0 atom stereocenters. The average molecular weight is 252 g/mol. The molecule has 0 saturated carbocycles. The molecule has 1 heterocycles. The number of amides is 1. The molecule has 5 nitrogen and oxygen atoms in total. The Labute approximate surface area is 103 Å². The monoisotopic (exact) mass is 251 g/mol. The molecular weight excluding hydrogens is 242 g/mol. The minimum atomic E-state index is -0.266. The number of hydrogen-bond acceptors (Lipinski definition) is 4. The lowest BCUT2D eigenvalue weighted by molar-refractivity contribution is 0.0950. The lowest BCUT2D eigenvalue weighted by Gasteiger charge is -2.03. The van der Waals surface area contributed by atoms with E-state index in [0.717, 1.165) is 0 Å². The second kappa shape index (κ2) is 4.97. The fraction of sp³-hybridized carbons (Fsp3) is 0.182. The van der Waals surface area contributed by atoms with E-state index in [1.807, 2.05) is 0 Å². The molecule has 0 radical (unpaired) electrons. The number of nitrogens with zero attached hydrogens (tertiary/aromatic N) is 2. The first-order valence-corrected chi connectivity index (χ1v) is 5.36. The van der Waals surface area contributed by atoms with Crippen molar-refractivity contribution in [2.45, 2.75) is 13.5 Å². The maximum atomic E-state index is 11.8. The molecule has 0 aliphatic rings. The summed E-state index contributed by atoms with van der Waals surface area (Å²) in [5.41, 5.74) is 0.425. The molecule has 6 heteroatoms. The van der Waals surface area contributed by atoms with E-state index in [-0.39, 0.29) is 12.5 Å². The zero-order valence-corrected chi connectivity index (χ0v) is 9.86. The summed E-state index contributed by atoms with van der Waals surface area (Å²) in [6.07, 6.45) is 0. The summed E-state index contributed by atoms with van der Waals surface area (Å²) < 4.78 is 4.79. The Morgan fingerprint density at radius 3 is 2.88 bits per heavy atom. The standard InChI is InChI=1S/C11H10ClN3O2/c1-7-14-10(15-17-7)6-13-11(16)8-4-2-3-5-9(8)12/h2-5H,6H2,1H3,(H,13,16). The van der Waals surface area contributed by atoms with Gasteiger partial charge in [0.15, 0.2) is 5.82 Å². The normalized spacial score (nSPS) is 10.2. The molecule has 0 aliphatic carbocycles. The van der Waals surface area contributed by atoms with Crippen molar-refractivity contribution in [1.29, 1.82) is 0 Å². The Morgan fingerprint density at radius 1 is 1.47 bits per heavy atom. The molecule has 2 rings (SSSR count). The number of benzene rings is 1. The molecule has 0 unspecified atom stereocenters. The van der Waals surface area contributed by atoms with Gasteiger partial charge in [0.05, 0.1) is 17.1 Å². The third kappa shape index (κ3) is 2.82. The van der Waals surface area contributed by atoms with Crippen LogP contribution in [0.1, 0.15) is 22.1 Å². The van der Waals surface area contributed by atoms with Crippen LogP contribution in [0.2, 0.25) is 5.02 Å². The Bertz CT molecular complexity index is 539. The first kappa shape index (κ1) is 11.6. The van der Waals surface area contributed by atoms with Crippen molar-refractivity contribution in [3.63, 3.8) is 0 Å². The van der Waals surface area contributed by atoms with Gasteiger partial charge in [0.25, 0.3) is 5.91 Å². The van der Waals surface area contributed by atoms with Gasteiger partial charge in [-0.1, -0.05) is 28.9 Å².